The van der Waals surface area contributed by atoms with Crippen LogP contribution in [0.3, 0.4) is 0 Å². The van der Waals surface area contributed by atoms with E-state index in [1.807, 2.05) is 12.1 Å². The van der Waals surface area contributed by atoms with Crippen molar-refractivity contribution in [3.63, 3.8) is 0 Å². The van der Waals surface area contributed by atoms with Crippen molar-refractivity contribution in [1.82, 2.24) is 5.32 Å². The van der Waals surface area contributed by atoms with E-state index >= 15 is 0 Å². The molecular formula is C18H23Cl2N. The van der Waals surface area contributed by atoms with E-state index in [-0.39, 0.29) is 0 Å². The third kappa shape index (κ3) is 5.18. The molecular weight excluding hydrogens is 301 g/mol. The highest BCUT2D eigenvalue weighted by atomic mass is 35.5. The molecule has 1 N–H and O–H groups in total. The lowest BCUT2D eigenvalue weighted by Gasteiger charge is -2.22. The van der Waals surface area contributed by atoms with Gasteiger partial charge in [-0.25, -0.2) is 0 Å². The van der Waals surface area contributed by atoms with Crippen molar-refractivity contribution in [3.05, 3.63) is 57.6 Å². The number of halogens is 2. The normalized spacial score (nSPS) is 18.4. The topological polar surface area (TPSA) is 12.0 Å². The van der Waals surface area contributed by atoms with Crippen LogP contribution in [0.25, 0.3) is 0 Å². The van der Waals surface area contributed by atoms with Gasteiger partial charge in [0.15, 0.2) is 0 Å². The molecule has 0 heterocycles. The van der Waals surface area contributed by atoms with Crippen LogP contribution in [-0.2, 0) is 6.42 Å². The van der Waals surface area contributed by atoms with Crippen molar-refractivity contribution >= 4 is 23.2 Å². The molecule has 0 spiro atoms. The van der Waals surface area contributed by atoms with E-state index in [1.54, 1.807) is 6.07 Å². The summed E-state index contributed by atoms with van der Waals surface area (Å²) in [5.41, 5.74) is 3.99. The predicted molar refractivity (Wildman–Crippen MR) is 93.3 cm³/mol. The fraction of sp³-hybridized carbons (Fsp3) is 0.444. The van der Waals surface area contributed by atoms with Crippen LogP contribution in [0.5, 0.6) is 0 Å². The summed E-state index contributed by atoms with van der Waals surface area (Å²) >= 11 is 12.1. The number of benzene rings is 1. The molecule has 0 unspecified atom stereocenters. The van der Waals surface area contributed by atoms with Gasteiger partial charge in [-0.3, -0.25) is 0 Å². The fourth-order valence-electron chi connectivity index (χ4n) is 2.69. The molecule has 1 aliphatic rings. The highest BCUT2D eigenvalue weighted by Crippen LogP contribution is 2.27. The van der Waals surface area contributed by atoms with Gasteiger partial charge in [-0.2, -0.15) is 0 Å². The van der Waals surface area contributed by atoms with Crippen LogP contribution in [0.15, 0.2) is 42.0 Å². The Balaban J connectivity index is 1.72. The average molecular weight is 324 g/mol. The number of hydrogen-bond donors (Lipinski definition) is 1. The summed E-state index contributed by atoms with van der Waals surface area (Å²) in [6.45, 7) is 8.11. The smallest absolute Gasteiger partial charge is 0.0453 e. The van der Waals surface area contributed by atoms with E-state index in [0.29, 0.717) is 10.9 Å². The Morgan fingerprint density at radius 1 is 1.38 bits per heavy atom. The Kier molecular flexibility index (Phi) is 6.35. The van der Waals surface area contributed by atoms with E-state index in [9.17, 15) is 0 Å². The third-order valence-electron chi connectivity index (χ3n) is 4.14. The van der Waals surface area contributed by atoms with Gasteiger partial charge in [0, 0.05) is 16.6 Å². The third-order valence-corrected chi connectivity index (χ3v) is 4.73. The first kappa shape index (κ1) is 16.6. The molecule has 1 nitrogen and oxygen atoms in total. The SMILES string of the molecule is C=C(C)[C@H]1CC=C(CNCCc2ccc(Cl)cc2Cl)CC1. The molecule has 1 aromatic carbocycles. The molecule has 21 heavy (non-hydrogen) atoms. The number of rotatable bonds is 6. The Bertz CT molecular complexity index is 534. The van der Waals surface area contributed by atoms with Gasteiger partial charge in [-0.1, -0.05) is 53.1 Å². The highest BCUT2D eigenvalue weighted by molar-refractivity contribution is 6.35. The number of nitrogens with one attached hydrogen (secondary N) is 1. The van der Waals surface area contributed by atoms with Gasteiger partial charge in [-0.05, 0) is 62.8 Å². The lowest BCUT2D eigenvalue weighted by Crippen LogP contribution is -2.22. The maximum atomic E-state index is 6.17. The molecule has 1 aromatic rings. The van der Waals surface area contributed by atoms with Crippen LogP contribution in [0, 0.1) is 5.92 Å². The minimum atomic E-state index is 0.682. The molecule has 1 atom stereocenters. The van der Waals surface area contributed by atoms with Crippen LogP contribution < -0.4 is 5.32 Å². The van der Waals surface area contributed by atoms with E-state index in [1.165, 1.54) is 24.0 Å². The molecule has 1 aliphatic carbocycles. The van der Waals surface area contributed by atoms with Crippen LogP contribution in [0.4, 0.5) is 0 Å². The second kappa shape index (κ2) is 8.03. The summed E-state index contributed by atoms with van der Waals surface area (Å²) in [5.74, 6) is 0.682. The predicted octanol–water partition coefficient (Wildman–Crippen LogP) is 5.43. The maximum absolute atomic E-state index is 6.17. The van der Waals surface area contributed by atoms with Crippen LogP contribution in [-0.4, -0.2) is 13.1 Å². The van der Waals surface area contributed by atoms with Crippen LogP contribution in [0.2, 0.25) is 10.0 Å². The lowest BCUT2D eigenvalue weighted by atomic mass is 9.85. The molecule has 2 rings (SSSR count). The Morgan fingerprint density at radius 2 is 2.19 bits per heavy atom. The van der Waals surface area contributed by atoms with Gasteiger partial charge >= 0.3 is 0 Å². The van der Waals surface area contributed by atoms with Crippen molar-refractivity contribution in [2.45, 2.75) is 32.6 Å². The molecule has 0 saturated carbocycles. The van der Waals surface area contributed by atoms with Crippen molar-refractivity contribution in [3.8, 4) is 0 Å². The molecule has 0 aliphatic heterocycles. The van der Waals surface area contributed by atoms with Gasteiger partial charge in [0.05, 0.1) is 0 Å². The summed E-state index contributed by atoms with van der Waals surface area (Å²) in [5, 5.41) is 4.95. The maximum Gasteiger partial charge on any atom is 0.0453 e. The molecule has 0 radical (unpaired) electrons. The van der Waals surface area contributed by atoms with Gasteiger partial charge < -0.3 is 5.32 Å². The molecule has 0 fully saturated rings. The van der Waals surface area contributed by atoms with Crippen molar-refractivity contribution < 1.29 is 0 Å². The summed E-state index contributed by atoms with van der Waals surface area (Å²) in [6, 6.07) is 5.70. The zero-order chi connectivity index (χ0) is 15.2. The minimum Gasteiger partial charge on any atom is -0.313 e. The Hall–Kier alpha value is -0.760. The summed E-state index contributed by atoms with van der Waals surface area (Å²) in [7, 11) is 0. The lowest BCUT2D eigenvalue weighted by molar-refractivity contribution is 0.528. The first-order valence-corrected chi connectivity index (χ1v) is 8.30. The van der Waals surface area contributed by atoms with Crippen molar-refractivity contribution in [1.29, 1.82) is 0 Å². The van der Waals surface area contributed by atoms with E-state index < -0.39 is 0 Å². The molecule has 0 bridgehead atoms. The first-order valence-electron chi connectivity index (χ1n) is 7.54. The monoisotopic (exact) mass is 323 g/mol. The van der Waals surface area contributed by atoms with Crippen LogP contribution >= 0.6 is 23.2 Å². The van der Waals surface area contributed by atoms with Crippen molar-refractivity contribution in [2.24, 2.45) is 5.92 Å². The van der Waals surface area contributed by atoms with Gasteiger partial charge in [0.1, 0.15) is 0 Å². The van der Waals surface area contributed by atoms with E-state index in [0.717, 1.165) is 36.5 Å². The molecule has 0 aromatic heterocycles. The highest BCUT2D eigenvalue weighted by Gasteiger charge is 2.14. The first-order chi connectivity index (χ1) is 10.1. The fourth-order valence-corrected chi connectivity index (χ4v) is 3.20. The summed E-state index contributed by atoms with van der Waals surface area (Å²) in [4.78, 5) is 0. The largest absolute Gasteiger partial charge is 0.313 e. The molecule has 0 saturated heterocycles. The Labute approximate surface area is 138 Å². The number of allylic oxidation sites excluding steroid dienone is 2. The average Bonchev–Trinajstić information content (AvgIpc) is 2.46. The van der Waals surface area contributed by atoms with Gasteiger partial charge in [0.25, 0.3) is 0 Å². The summed E-state index contributed by atoms with van der Waals surface area (Å²) < 4.78 is 0. The second-order valence-corrected chi connectivity index (χ2v) is 6.69. The van der Waals surface area contributed by atoms with Gasteiger partial charge in [0.2, 0.25) is 0 Å². The minimum absolute atomic E-state index is 0.682. The second-order valence-electron chi connectivity index (χ2n) is 5.84. The molecule has 114 valence electrons. The van der Waals surface area contributed by atoms with Crippen LogP contribution in [0.1, 0.15) is 31.7 Å². The molecule has 3 heteroatoms. The summed E-state index contributed by atoms with van der Waals surface area (Å²) in [6.07, 6.45) is 6.89. The van der Waals surface area contributed by atoms with E-state index in [2.05, 4.69) is 24.9 Å². The van der Waals surface area contributed by atoms with Gasteiger partial charge in [-0.15, -0.1) is 0 Å². The van der Waals surface area contributed by atoms with Crippen molar-refractivity contribution in [2.75, 3.05) is 13.1 Å². The Morgan fingerprint density at radius 3 is 2.81 bits per heavy atom. The van der Waals surface area contributed by atoms with E-state index in [4.69, 9.17) is 23.2 Å². The zero-order valence-electron chi connectivity index (χ0n) is 12.6. The quantitative estimate of drug-likeness (QED) is 0.543. The standard InChI is InChI=1S/C18H23Cl2N/c1-13(2)15-5-3-14(4-6-15)12-21-10-9-16-7-8-17(19)11-18(16)20/h3,7-8,11,15,21H,1,4-6,9-10,12H2,2H3/t15-/m0/s1. The number of hydrogen-bond acceptors (Lipinski definition) is 1. The zero-order valence-corrected chi connectivity index (χ0v) is 14.1. The molecule has 0 amide bonds.